The Bertz CT molecular complexity index is 944. The van der Waals surface area contributed by atoms with Crippen LogP contribution in [0.1, 0.15) is 62.9 Å². The molecular formula is C26H40N4O5. The number of rotatable bonds is 9. The van der Waals surface area contributed by atoms with E-state index < -0.39 is 5.60 Å². The Balaban J connectivity index is 1.99. The first-order valence-corrected chi connectivity index (χ1v) is 12.6. The topological polar surface area (TPSA) is 100 Å². The zero-order valence-electron chi connectivity index (χ0n) is 21.9. The molecule has 2 aliphatic heterocycles. The molecule has 1 aromatic rings. The second-order valence-corrected chi connectivity index (χ2v) is 9.87. The maximum Gasteiger partial charge on any atom is 0.273 e. The number of nitrogens with zero attached hydrogens (tertiary/aromatic N) is 2. The van der Waals surface area contributed by atoms with Crippen LogP contribution in [0.15, 0.2) is 12.1 Å². The van der Waals surface area contributed by atoms with Gasteiger partial charge in [-0.25, -0.2) is 0 Å². The molecule has 0 radical (unpaired) electrons. The number of hydrogen-bond donors (Lipinski definition) is 2. The average molecular weight is 489 g/mol. The van der Waals surface area contributed by atoms with Gasteiger partial charge in [0.05, 0.1) is 12.3 Å². The molecule has 2 atom stereocenters. The Kier molecular flexibility index (Phi) is 8.77. The van der Waals surface area contributed by atoms with Crippen molar-refractivity contribution in [1.29, 1.82) is 0 Å². The number of amides is 3. The zero-order valence-corrected chi connectivity index (χ0v) is 21.9. The first-order chi connectivity index (χ1) is 16.6. The van der Waals surface area contributed by atoms with E-state index in [-0.39, 0.29) is 43.0 Å². The molecule has 1 unspecified atom stereocenters. The van der Waals surface area contributed by atoms with Crippen molar-refractivity contribution in [3.05, 3.63) is 23.3 Å². The highest BCUT2D eigenvalue weighted by Crippen LogP contribution is 2.40. The second kappa shape index (κ2) is 11.4. The maximum atomic E-state index is 13.8. The van der Waals surface area contributed by atoms with E-state index in [4.69, 9.17) is 9.47 Å². The van der Waals surface area contributed by atoms with Gasteiger partial charge in [-0.2, -0.15) is 0 Å². The number of aryl methyl sites for hydroxylation is 1. The molecule has 35 heavy (non-hydrogen) atoms. The van der Waals surface area contributed by atoms with Crippen molar-refractivity contribution in [2.24, 2.45) is 0 Å². The zero-order chi connectivity index (χ0) is 25.8. The third-order valence-electron chi connectivity index (χ3n) is 6.71. The number of fused-ring (bicyclic) bond motifs is 1. The number of ether oxygens (including phenoxy) is 2. The van der Waals surface area contributed by atoms with Crippen LogP contribution in [0.3, 0.4) is 0 Å². The van der Waals surface area contributed by atoms with Crippen LogP contribution < -0.4 is 20.3 Å². The van der Waals surface area contributed by atoms with E-state index in [1.807, 2.05) is 31.7 Å². The highest BCUT2D eigenvalue weighted by atomic mass is 16.5. The normalized spacial score (nSPS) is 22.0. The highest BCUT2D eigenvalue weighted by molar-refractivity contribution is 6.05. The van der Waals surface area contributed by atoms with Crippen LogP contribution >= 0.6 is 0 Å². The molecule has 0 aliphatic carbocycles. The molecule has 0 saturated carbocycles. The van der Waals surface area contributed by atoms with Gasteiger partial charge in [-0.1, -0.05) is 6.92 Å². The van der Waals surface area contributed by atoms with Crippen LogP contribution in [0.5, 0.6) is 5.75 Å². The first-order valence-electron chi connectivity index (χ1n) is 12.6. The molecule has 1 saturated heterocycles. The smallest absolute Gasteiger partial charge is 0.273 e. The maximum absolute atomic E-state index is 13.8. The van der Waals surface area contributed by atoms with Gasteiger partial charge in [-0.3, -0.25) is 14.4 Å². The Morgan fingerprint density at radius 3 is 2.71 bits per heavy atom. The average Bonchev–Trinajstić information content (AvgIpc) is 2.81. The number of carbonyl (C=O) groups is 3. The molecule has 2 heterocycles. The monoisotopic (exact) mass is 488 g/mol. The Morgan fingerprint density at radius 1 is 1.37 bits per heavy atom. The van der Waals surface area contributed by atoms with Gasteiger partial charge in [0.2, 0.25) is 11.5 Å². The summed E-state index contributed by atoms with van der Waals surface area (Å²) in [5, 5.41) is 6.23. The summed E-state index contributed by atoms with van der Waals surface area (Å²) in [6, 6.07) is 3.75. The fourth-order valence-electron chi connectivity index (χ4n) is 4.93. The fourth-order valence-corrected chi connectivity index (χ4v) is 4.93. The molecule has 1 aromatic carbocycles. The number of benzene rings is 1. The minimum atomic E-state index is -1.20. The third kappa shape index (κ3) is 5.78. The van der Waals surface area contributed by atoms with Gasteiger partial charge in [0, 0.05) is 50.8 Å². The van der Waals surface area contributed by atoms with E-state index in [1.54, 1.807) is 24.8 Å². The first kappa shape index (κ1) is 26.9. The predicted octanol–water partition coefficient (Wildman–Crippen LogP) is 2.25. The number of methoxy groups -OCH3 is 1. The summed E-state index contributed by atoms with van der Waals surface area (Å²) in [5.41, 5.74) is 0.675. The molecule has 0 bridgehead atoms. The summed E-state index contributed by atoms with van der Waals surface area (Å²) in [6.07, 6.45) is 2.36. The SMILES string of the molecule is CCC(=O)NCCN1C(=O)C(C)(COC)Oc2cc(C)c(C(=O)N(C(C)C)[C@@H]3CCCNC3)cc21. The summed E-state index contributed by atoms with van der Waals surface area (Å²) in [5.74, 6) is 0.123. The predicted molar refractivity (Wildman–Crippen MR) is 135 cm³/mol. The number of piperidine rings is 1. The minimum Gasteiger partial charge on any atom is -0.473 e. The van der Waals surface area contributed by atoms with Crippen LogP contribution in [-0.4, -0.2) is 80.2 Å². The summed E-state index contributed by atoms with van der Waals surface area (Å²) in [4.78, 5) is 42.7. The van der Waals surface area contributed by atoms with Crippen molar-refractivity contribution in [2.75, 3.05) is 44.8 Å². The molecule has 2 aliphatic rings. The fraction of sp³-hybridized carbons (Fsp3) is 0.654. The largest absolute Gasteiger partial charge is 0.473 e. The quantitative estimate of drug-likeness (QED) is 0.553. The van der Waals surface area contributed by atoms with Crippen LogP contribution in [0.25, 0.3) is 0 Å². The number of carbonyl (C=O) groups excluding carboxylic acids is 3. The minimum absolute atomic E-state index is 0.0334. The Morgan fingerprint density at radius 2 is 2.11 bits per heavy atom. The number of anilines is 1. The third-order valence-corrected chi connectivity index (χ3v) is 6.71. The second-order valence-electron chi connectivity index (χ2n) is 9.87. The van der Waals surface area contributed by atoms with Crippen molar-refractivity contribution >= 4 is 23.4 Å². The van der Waals surface area contributed by atoms with Crippen molar-refractivity contribution < 1.29 is 23.9 Å². The van der Waals surface area contributed by atoms with E-state index in [0.29, 0.717) is 30.0 Å². The van der Waals surface area contributed by atoms with Gasteiger partial charge in [-0.05, 0) is 64.8 Å². The Hall–Kier alpha value is -2.65. The summed E-state index contributed by atoms with van der Waals surface area (Å²) in [6.45, 7) is 11.8. The number of hydrogen-bond acceptors (Lipinski definition) is 6. The van der Waals surface area contributed by atoms with Crippen molar-refractivity contribution in [3.63, 3.8) is 0 Å². The Labute approximate surface area is 208 Å². The lowest BCUT2D eigenvalue weighted by Crippen LogP contribution is -2.58. The molecule has 3 rings (SSSR count). The molecule has 9 nitrogen and oxygen atoms in total. The van der Waals surface area contributed by atoms with Crippen molar-refractivity contribution in [1.82, 2.24) is 15.5 Å². The molecule has 3 amide bonds. The summed E-state index contributed by atoms with van der Waals surface area (Å²) >= 11 is 0. The standard InChI is InChI=1S/C26H40N4O5/c1-7-23(31)28-11-12-29-21-14-20(24(32)30(17(2)3)19-9-8-10-27-15-19)18(4)13-22(21)35-26(5,16-34-6)25(29)33/h13-14,17,19,27H,7-12,15-16H2,1-6H3,(H,28,31)/t19-,26?/m1/s1. The van der Waals surface area contributed by atoms with Gasteiger partial charge >= 0.3 is 0 Å². The van der Waals surface area contributed by atoms with Crippen LogP contribution in [0.2, 0.25) is 0 Å². The molecule has 9 heteroatoms. The molecule has 1 fully saturated rings. The van der Waals surface area contributed by atoms with Crippen molar-refractivity contribution in [3.8, 4) is 5.75 Å². The van der Waals surface area contributed by atoms with Crippen LogP contribution in [-0.2, 0) is 14.3 Å². The van der Waals surface area contributed by atoms with Crippen LogP contribution in [0.4, 0.5) is 5.69 Å². The lowest BCUT2D eigenvalue weighted by Gasteiger charge is -2.41. The molecule has 0 aromatic heterocycles. The van der Waals surface area contributed by atoms with Gasteiger partial charge < -0.3 is 29.9 Å². The molecule has 194 valence electrons. The van der Waals surface area contributed by atoms with Gasteiger partial charge in [0.25, 0.3) is 11.8 Å². The van der Waals surface area contributed by atoms with E-state index >= 15 is 0 Å². The van der Waals surface area contributed by atoms with E-state index in [0.717, 1.165) is 31.5 Å². The van der Waals surface area contributed by atoms with Crippen molar-refractivity contribution in [2.45, 2.75) is 71.6 Å². The van der Waals surface area contributed by atoms with Gasteiger partial charge in [0.1, 0.15) is 5.75 Å². The van der Waals surface area contributed by atoms with Gasteiger partial charge in [-0.15, -0.1) is 0 Å². The highest BCUT2D eigenvalue weighted by Gasteiger charge is 2.45. The molecular weight excluding hydrogens is 448 g/mol. The van der Waals surface area contributed by atoms with E-state index in [1.165, 1.54) is 7.11 Å². The summed E-state index contributed by atoms with van der Waals surface area (Å²) < 4.78 is 11.4. The van der Waals surface area contributed by atoms with Gasteiger partial charge in [0.15, 0.2) is 0 Å². The number of nitrogens with one attached hydrogen (secondary N) is 2. The molecule has 2 N–H and O–H groups in total. The van der Waals surface area contributed by atoms with E-state index in [9.17, 15) is 14.4 Å². The lowest BCUT2D eigenvalue weighted by atomic mass is 9.97. The summed E-state index contributed by atoms with van der Waals surface area (Å²) in [7, 11) is 1.52. The molecule has 0 spiro atoms. The van der Waals surface area contributed by atoms with E-state index in [2.05, 4.69) is 10.6 Å². The van der Waals surface area contributed by atoms with Crippen LogP contribution in [0, 0.1) is 6.92 Å². The lowest BCUT2D eigenvalue weighted by molar-refractivity contribution is -0.138.